The van der Waals surface area contributed by atoms with E-state index in [4.69, 9.17) is 10.5 Å². The average Bonchev–Trinajstić information content (AvgIpc) is 3.09. The van der Waals surface area contributed by atoms with Gasteiger partial charge in [0.2, 0.25) is 0 Å². The number of nitrogen functional groups attached to an aromatic ring is 1. The van der Waals surface area contributed by atoms with E-state index < -0.39 is 0 Å². The highest BCUT2D eigenvalue weighted by molar-refractivity contribution is 5.56. The molecule has 0 atom stereocenters. The molecule has 0 radical (unpaired) electrons. The summed E-state index contributed by atoms with van der Waals surface area (Å²) in [6.07, 6.45) is 4.77. The van der Waals surface area contributed by atoms with Crippen molar-refractivity contribution in [1.29, 1.82) is 0 Å². The summed E-state index contributed by atoms with van der Waals surface area (Å²) in [5.74, 6) is 2.06. The lowest BCUT2D eigenvalue weighted by molar-refractivity contribution is 0.410. The normalized spacial score (nSPS) is 15.8. The van der Waals surface area contributed by atoms with Gasteiger partial charge in [-0.2, -0.15) is 4.68 Å². The monoisotopic (exact) mass is 259 g/mol. The van der Waals surface area contributed by atoms with Crippen LogP contribution in [0.3, 0.4) is 0 Å². The Morgan fingerprint density at radius 3 is 2.84 bits per heavy atom. The van der Waals surface area contributed by atoms with E-state index >= 15 is 0 Å². The molecule has 0 amide bonds. The topological polar surface area (TPSA) is 78.9 Å². The van der Waals surface area contributed by atoms with Gasteiger partial charge in [-0.3, -0.25) is 0 Å². The van der Waals surface area contributed by atoms with E-state index in [0.29, 0.717) is 11.6 Å². The summed E-state index contributed by atoms with van der Waals surface area (Å²) < 4.78 is 7.12. The second-order valence-corrected chi connectivity index (χ2v) is 4.86. The van der Waals surface area contributed by atoms with Crippen molar-refractivity contribution < 1.29 is 4.74 Å². The summed E-state index contributed by atoms with van der Waals surface area (Å²) in [6.45, 7) is 0. The third kappa shape index (κ3) is 2.14. The highest BCUT2D eigenvalue weighted by atomic mass is 16.5. The summed E-state index contributed by atoms with van der Waals surface area (Å²) in [5.41, 5.74) is 7.32. The van der Waals surface area contributed by atoms with Crippen LogP contribution in [-0.4, -0.2) is 27.3 Å². The minimum atomic E-state index is 0.432. The van der Waals surface area contributed by atoms with Crippen LogP contribution in [0.15, 0.2) is 18.2 Å². The molecule has 1 aromatic carbocycles. The molecule has 1 saturated carbocycles. The molecule has 1 fully saturated rings. The Bertz CT molecular complexity index is 574. The van der Waals surface area contributed by atoms with E-state index in [0.717, 1.165) is 30.1 Å². The van der Waals surface area contributed by atoms with Crippen molar-refractivity contribution in [3.05, 3.63) is 24.0 Å². The molecule has 6 heteroatoms. The van der Waals surface area contributed by atoms with Gasteiger partial charge in [0.05, 0.1) is 7.11 Å². The number of hydrogen-bond acceptors (Lipinski definition) is 5. The molecular weight excluding hydrogens is 242 g/mol. The van der Waals surface area contributed by atoms with Gasteiger partial charge in [-0.25, -0.2) is 0 Å². The van der Waals surface area contributed by atoms with E-state index in [1.807, 2.05) is 18.2 Å². The number of hydrogen-bond donors (Lipinski definition) is 1. The number of aromatic nitrogens is 4. The van der Waals surface area contributed by atoms with Crippen LogP contribution in [0.4, 0.5) is 5.69 Å². The molecule has 0 bridgehead atoms. The number of methoxy groups -OCH3 is 1. The summed E-state index contributed by atoms with van der Waals surface area (Å²) in [5, 5.41) is 12.1. The maximum absolute atomic E-state index is 5.85. The van der Waals surface area contributed by atoms with Gasteiger partial charge in [-0.1, -0.05) is 12.8 Å². The number of benzene rings is 1. The Hall–Kier alpha value is -2.11. The number of tetrazole rings is 1. The molecule has 0 spiro atoms. The molecule has 6 nitrogen and oxygen atoms in total. The van der Waals surface area contributed by atoms with Gasteiger partial charge >= 0.3 is 0 Å². The molecule has 0 saturated heterocycles. The molecule has 1 aliphatic rings. The molecule has 1 aromatic heterocycles. The van der Waals surface area contributed by atoms with E-state index in [1.165, 1.54) is 12.8 Å². The van der Waals surface area contributed by atoms with Crippen molar-refractivity contribution in [1.82, 2.24) is 20.2 Å². The first-order chi connectivity index (χ1) is 9.29. The van der Waals surface area contributed by atoms with Gasteiger partial charge in [0.15, 0.2) is 5.82 Å². The summed E-state index contributed by atoms with van der Waals surface area (Å²) in [7, 11) is 1.63. The van der Waals surface area contributed by atoms with Gasteiger partial charge in [-0.05, 0) is 41.5 Å². The second-order valence-electron chi connectivity index (χ2n) is 4.86. The van der Waals surface area contributed by atoms with Crippen LogP contribution < -0.4 is 10.5 Å². The van der Waals surface area contributed by atoms with Crippen LogP contribution in [0, 0.1) is 0 Å². The van der Waals surface area contributed by atoms with Crippen molar-refractivity contribution in [2.45, 2.75) is 31.6 Å². The number of ether oxygens (including phenoxy) is 1. The first-order valence-corrected chi connectivity index (χ1v) is 6.52. The first-order valence-electron chi connectivity index (χ1n) is 6.52. The van der Waals surface area contributed by atoms with Crippen LogP contribution in [0.2, 0.25) is 0 Å². The fourth-order valence-electron chi connectivity index (χ4n) is 2.68. The van der Waals surface area contributed by atoms with E-state index in [1.54, 1.807) is 11.8 Å². The summed E-state index contributed by atoms with van der Waals surface area (Å²) >= 11 is 0. The Labute approximate surface area is 111 Å². The van der Waals surface area contributed by atoms with Crippen molar-refractivity contribution in [3.8, 4) is 11.4 Å². The van der Waals surface area contributed by atoms with Crippen LogP contribution in [0.25, 0.3) is 5.69 Å². The maximum Gasteiger partial charge on any atom is 0.159 e. The molecule has 2 N–H and O–H groups in total. The van der Waals surface area contributed by atoms with Crippen LogP contribution in [0.1, 0.15) is 37.4 Å². The van der Waals surface area contributed by atoms with Crippen molar-refractivity contribution in [2.24, 2.45) is 0 Å². The zero-order chi connectivity index (χ0) is 13.2. The maximum atomic E-state index is 5.85. The Morgan fingerprint density at radius 1 is 1.32 bits per heavy atom. The van der Waals surface area contributed by atoms with Gasteiger partial charge in [0, 0.05) is 11.6 Å². The summed E-state index contributed by atoms with van der Waals surface area (Å²) in [4.78, 5) is 0. The quantitative estimate of drug-likeness (QED) is 0.852. The predicted octanol–water partition coefficient (Wildman–Crippen LogP) is 1.91. The number of nitrogens with zero attached hydrogens (tertiary/aromatic N) is 4. The standard InChI is InChI=1S/C13H17N5O/c1-19-12-7-6-10(14)8-11(12)18-13(15-16-17-18)9-4-2-3-5-9/h6-9H,2-5,14H2,1H3. The minimum absolute atomic E-state index is 0.432. The average molecular weight is 259 g/mol. The third-order valence-corrected chi connectivity index (χ3v) is 3.65. The minimum Gasteiger partial charge on any atom is -0.494 e. The summed E-state index contributed by atoms with van der Waals surface area (Å²) in [6, 6.07) is 5.49. The fourth-order valence-corrected chi connectivity index (χ4v) is 2.68. The van der Waals surface area contributed by atoms with E-state index in [9.17, 15) is 0 Å². The third-order valence-electron chi connectivity index (χ3n) is 3.65. The molecule has 3 rings (SSSR count). The second kappa shape index (κ2) is 4.87. The van der Waals surface area contributed by atoms with Crippen LogP contribution in [-0.2, 0) is 0 Å². The zero-order valence-electron chi connectivity index (χ0n) is 10.9. The van der Waals surface area contributed by atoms with E-state index in [2.05, 4.69) is 15.5 Å². The highest BCUT2D eigenvalue weighted by Gasteiger charge is 2.24. The SMILES string of the molecule is COc1ccc(N)cc1-n1nnnc1C1CCCC1. The first kappa shape index (κ1) is 12.0. The largest absolute Gasteiger partial charge is 0.494 e. The molecule has 1 heterocycles. The molecule has 2 aromatic rings. The van der Waals surface area contributed by atoms with Gasteiger partial charge in [0.25, 0.3) is 0 Å². The lowest BCUT2D eigenvalue weighted by atomic mass is 10.1. The smallest absolute Gasteiger partial charge is 0.159 e. The molecule has 1 aliphatic carbocycles. The fraction of sp³-hybridized carbons (Fsp3) is 0.462. The lowest BCUT2D eigenvalue weighted by Gasteiger charge is -2.13. The van der Waals surface area contributed by atoms with Gasteiger partial charge in [-0.15, -0.1) is 5.10 Å². The van der Waals surface area contributed by atoms with Gasteiger partial charge in [0.1, 0.15) is 11.4 Å². The number of rotatable bonds is 3. The highest BCUT2D eigenvalue weighted by Crippen LogP contribution is 2.35. The molecule has 100 valence electrons. The molecular formula is C13H17N5O. The Balaban J connectivity index is 2.07. The number of nitrogens with two attached hydrogens (primary N) is 1. The van der Waals surface area contributed by atoms with Gasteiger partial charge < -0.3 is 10.5 Å². The molecule has 0 unspecified atom stereocenters. The van der Waals surface area contributed by atoms with E-state index in [-0.39, 0.29) is 0 Å². The molecule has 0 aliphatic heterocycles. The van der Waals surface area contributed by atoms with Crippen LogP contribution in [0.5, 0.6) is 5.75 Å². The zero-order valence-corrected chi connectivity index (χ0v) is 10.9. The Morgan fingerprint density at radius 2 is 2.11 bits per heavy atom. The molecule has 19 heavy (non-hydrogen) atoms. The van der Waals surface area contributed by atoms with Crippen LogP contribution >= 0.6 is 0 Å². The van der Waals surface area contributed by atoms with Crippen molar-refractivity contribution in [3.63, 3.8) is 0 Å². The van der Waals surface area contributed by atoms with Crippen molar-refractivity contribution >= 4 is 5.69 Å². The number of anilines is 1. The van der Waals surface area contributed by atoms with Crippen molar-refractivity contribution in [2.75, 3.05) is 12.8 Å². The Kier molecular flexibility index (Phi) is 3.06. The lowest BCUT2D eigenvalue weighted by Crippen LogP contribution is -2.08. The predicted molar refractivity (Wildman–Crippen MR) is 71.3 cm³/mol.